The normalized spacial score (nSPS) is 19.6. The van der Waals surface area contributed by atoms with Crippen LogP contribution in [0, 0.1) is 0 Å². The summed E-state index contributed by atoms with van der Waals surface area (Å²) in [5, 5.41) is 2.64. The number of imide groups is 1. The summed E-state index contributed by atoms with van der Waals surface area (Å²) in [4.78, 5) is 41.0. The third kappa shape index (κ3) is 3.65. The number of hydrogen-bond acceptors (Lipinski definition) is 4. The molecular weight excluding hydrogens is 358 g/mol. The molecule has 0 bridgehead atoms. The molecular formula is C21H25N3O4. The van der Waals surface area contributed by atoms with Crippen molar-refractivity contribution in [3.8, 4) is 0 Å². The Morgan fingerprint density at radius 2 is 1.82 bits per heavy atom. The first-order valence-electron chi connectivity index (χ1n) is 9.15. The van der Waals surface area contributed by atoms with Gasteiger partial charge in [0.1, 0.15) is 12.3 Å². The topological polar surface area (TPSA) is 82.9 Å². The van der Waals surface area contributed by atoms with Crippen LogP contribution in [0.3, 0.4) is 0 Å². The maximum Gasteiger partial charge on any atom is 0.325 e. The highest BCUT2D eigenvalue weighted by atomic mass is 16.3. The molecule has 4 amide bonds. The Balaban J connectivity index is 1.80. The molecule has 1 aromatic carbocycles. The van der Waals surface area contributed by atoms with Gasteiger partial charge in [-0.15, -0.1) is 0 Å². The standard InChI is InChI=1S/C21H25N3O4/c1-20(2,3)24(13-15-9-6-5-7-10-15)17(25)14-23-18(26)21(4,22-19(23)27)16-11-8-12-28-16/h5-12H,13-14H2,1-4H3,(H,22,27). The van der Waals surface area contributed by atoms with Gasteiger partial charge in [0, 0.05) is 12.1 Å². The molecule has 0 saturated carbocycles. The first kappa shape index (κ1) is 19.7. The zero-order chi connectivity index (χ0) is 20.5. The summed E-state index contributed by atoms with van der Waals surface area (Å²) < 4.78 is 5.32. The fraction of sp³-hybridized carbons (Fsp3) is 0.381. The van der Waals surface area contributed by atoms with Gasteiger partial charge in [0.2, 0.25) is 5.91 Å². The molecule has 1 aliphatic rings. The van der Waals surface area contributed by atoms with Gasteiger partial charge in [-0.3, -0.25) is 14.5 Å². The second kappa shape index (κ2) is 7.14. The molecule has 1 fully saturated rings. The van der Waals surface area contributed by atoms with Gasteiger partial charge in [-0.25, -0.2) is 4.79 Å². The van der Waals surface area contributed by atoms with Crippen LogP contribution >= 0.6 is 0 Å². The third-order valence-electron chi connectivity index (χ3n) is 4.88. The SMILES string of the molecule is CC1(c2ccco2)NC(=O)N(CC(=O)N(Cc2ccccc2)C(C)(C)C)C1=O. The Morgan fingerprint density at radius 3 is 2.39 bits per heavy atom. The molecule has 0 aliphatic carbocycles. The van der Waals surface area contributed by atoms with E-state index in [9.17, 15) is 14.4 Å². The number of carbonyl (C=O) groups excluding carboxylic acids is 3. The van der Waals surface area contributed by atoms with Crippen molar-refractivity contribution in [1.29, 1.82) is 0 Å². The van der Waals surface area contributed by atoms with Crippen molar-refractivity contribution >= 4 is 17.8 Å². The van der Waals surface area contributed by atoms with Gasteiger partial charge in [-0.1, -0.05) is 30.3 Å². The fourth-order valence-corrected chi connectivity index (χ4v) is 3.26. The van der Waals surface area contributed by atoms with Gasteiger partial charge in [-0.05, 0) is 45.4 Å². The molecule has 7 heteroatoms. The monoisotopic (exact) mass is 383 g/mol. The molecule has 3 rings (SSSR count). The average molecular weight is 383 g/mol. The molecule has 1 saturated heterocycles. The van der Waals surface area contributed by atoms with Gasteiger partial charge < -0.3 is 14.6 Å². The van der Waals surface area contributed by atoms with E-state index >= 15 is 0 Å². The van der Waals surface area contributed by atoms with Crippen LogP contribution in [-0.2, 0) is 21.7 Å². The smallest absolute Gasteiger partial charge is 0.325 e. The zero-order valence-corrected chi connectivity index (χ0v) is 16.6. The van der Waals surface area contributed by atoms with E-state index in [1.807, 2.05) is 51.1 Å². The number of benzene rings is 1. The van der Waals surface area contributed by atoms with E-state index in [0.717, 1.165) is 10.5 Å². The van der Waals surface area contributed by atoms with Crippen LogP contribution in [0.1, 0.15) is 39.0 Å². The molecule has 148 valence electrons. The van der Waals surface area contributed by atoms with E-state index < -0.39 is 23.0 Å². The molecule has 1 atom stereocenters. The lowest BCUT2D eigenvalue weighted by Crippen LogP contribution is -2.50. The predicted molar refractivity (Wildman–Crippen MR) is 103 cm³/mol. The van der Waals surface area contributed by atoms with E-state index in [-0.39, 0.29) is 12.5 Å². The Morgan fingerprint density at radius 1 is 1.14 bits per heavy atom. The average Bonchev–Trinajstić information content (AvgIpc) is 3.24. The Labute approximate surface area is 164 Å². The van der Waals surface area contributed by atoms with Crippen LogP contribution in [0.5, 0.6) is 0 Å². The van der Waals surface area contributed by atoms with Crippen molar-refractivity contribution in [2.24, 2.45) is 0 Å². The summed E-state index contributed by atoms with van der Waals surface area (Å²) in [6.45, 7) is 7.40. The minimum absolute atomic E-state index is 0.302. The van der Waals surface area contributed by atoms with Gasteiger partial charge in [-0.2, -0.15) is 0 Å². The lowest BCUT2D eigenvalue weighted by Gasteiger charge is -2.36. The van der Waals surface area contributed by atoms with E-state index in [1.54, 1.807) is 24.0 Å². The Bertz CT molecular complexity index is 871. The lowest BCUT2D eigenvalue weighted by molar-refractivity contribution is -0.142. The molecule has 7 nitrogen and oxygen atoms in total. The van der Waals surface area contributed by atoms with Gasteiger partial charge in [0.15, 0.2) is 5.54 Å². The van der Waals surface area contributed by atoms with Crippen molar-refractivity contribution < 1.29 is 18.8 Å². The van der Waals surface area contributed by atoms with Crippen molar-refractivity contribution in [2.75, 3.05) is 6.54 Å². The zero-order valence-electron chi connectivity index (χ0n) is 16.6. The summed E-state index contributed by atoms with van der Waals surface area (Å²) >= 11 is 0. The first-order valence-corrected chi connectivity index (χ1v) is 9.15. The molecule has 1 aliphatic heterocycles. The number of amides is 4. The fourth-order valence-electron chi connectivity index (χ4n) is 3.26. The molecule has 0 spiro atoms. The highest BCUT2D eigenvalue weighted by Gasteiger charge is 2.51. The van der Waals surface area contributed by atoms with Crippen LogP contribution in [0.2, 0.25) is 0 Å². The second-order valence-corrected chi connectivity index (χ2v) is 8.06. The third-order valence-corrected chi connectivity index (χ3v) is 4.88. The molecule has 1 unspecified atom stereocenters. The number of hydrogen-bond donors (Lipinski definition) is 1. The van der Waals surface area contributed by atoms with Crippen LogP contribution in [0.15, 0.2) is 53.1 Å². The molecule has 2 heterocycles. The van der Waals surface area contributed by atoms with Gasteiger partial charge in [0.05, 0.1) is 6.26 Å². The van der Waals surface area contributed by atoms with Crippen LogP contribution < -0.4 is 5.32 Å². The van der Waals surface area contributed by atoms with Gasteiger partial charge in [0.25, 0.3) is 5.91 Å². The highest BCUT2D eigenvalue weighted by molar-refractivity contribution is 6.08. The Hall–Kier alpha value is -3.09. The molecule has 0 radical (unpaired) electrons. The number of furan rings is 1. The van der Waals surface area contributed by atoms with Crippen LogP contribution in [0.4, 0.5) is 4.79 Å². The van der Waals surface area contributed by atoms with Crippen molar-refractivity contribution in [3.05, 3.63) is 60.1 Å². The largest absolute Gasteiger partial charge is 0.466 e. The van der Waals surface area contributed by atoms with E-state index in [4.69, 9.17) is 4.42 Å². The maximum absolute atomic E-state index is 13.1. The Kier molecular flexibility index (Phi) is 5.02. The summed E-state index contributed by atoms with van der Waals surface area (Å²) in [7, 11) is 0. The van der Waals surface area contributed by atoms with Gasteiger partial charge >= 0.3 is 6.03 Å². The highest BCUT2D eigenvalue weighted by Crippen LogP contribution is 2.29. The predicted octanol–water partition coefficient (Wildman–Crippen LogP) is 2.87. The minimum Gasteiger partial charge on any atom is -0.466 e. The number of nitrogens with one attached hydrogen (secondary N) is 1. The lowest BCUT2D eigenvalue weighted by atomic mass is 9.99. The summed E-state index contributed by atoms with van der Waals surface area (Å²) in [6, 6.07) is 12.3. The summed E-state index contributed by atoms with van der Waals surface area (Å²) in [6.07, 6.45) is 1.44. The van der Waals surface area contributed by atoms with Crippen molar-refractivity contribution in [2.45, 2.75) is 45.3 Å². The number of urea groups is 1. The van der Waals surface area contributed by atoms with E-state index in [1.165, 1.54) is 6.26 Å². The molecule has 2 aromatic rings. The van der Waals surface area contributed by atoms with E-state index in [0.29, 0.717) is 12.3 Å². The number of rotatable bonds is 5. The minimum atomic E-state index is -1.31. The molecule has 1 aromatic heterocycles. The van der Waals surface area contributed by atoms with Crippen molar-refractivity contribution in [3.63, 3.8) is 0 Å². The molecule has 1 N–H and O–H groups in total. The first-order chi connectivity index (χ1) is 13.1. The number of nitrogens with zero attached hydrogens (tertiary/aromatic N) is 2. The van der Waals surface area contributed by atoms with Crippen molar-refractivity contribution in [1.82, 2.24) is 15.1 Å². The number of carbonyl (C=O) groups is 3. The second-order valence-electron chi connectivity index (χ2n) is 8.06. The van der Waals surface area contributed by atoms with Crippen LogP contribution in [0.25, 0.3) is 0 Å². The summed E-state index contributed by atoms with van der Waals surface area (Å²) in [5.41, 5.74) is -0.813. The van der Waals surface area contributed by atoms with E-state index in [2.05, 4.69) is 5.32 Å². The quantitative estimate of drug-likeness (QED) is 0.805. The maximum atomic E-state index is 13.1. The summed E-state index contributed by atoms with van der Waals surface area (Å²) in [5.74, 6) is -0.476. The molecule has 28 heavy (non-hydrogen) atoms. The van der Waals surface area contributed by atoms with Crippen LogP contribution in [-0.4, -0.2) is 39.7 Å².